The highest BCUT2D eigenvalue weighted by Gasteiger charge is 2.12. The Balaban J connectivity index is 1.90. The van der Waals surface area contributed by atoms with Crippen molar-refractivity contribution in [2.75, 3.05) is 0 Å². The third-order valence-electron chi connectivity index (χ3n) is 2.99. The van der Waals surface area contributed by atoms with E-state index in [4.69, 9.17) is 0 Å². The molecule has 1 aromatic heterocycles. The third kappa shape index (κ3) is 2.74. The molecule has 0 N–H and O–H groups in total. The molecule has 2 aromatic carbocycles. The lowest BCUT2D eigenvalue weighted by molar-refractivity contribution is 0.104. The fraction of sp³-hybridized carbons (Fsp3) is 0. The number of hydrogen-bond acceptors (Lipinski definition) is 2. The van der Waals surface area contributed by atoms with Crippen molar-refractivity contribution >= 4 is 33.0 Å². The van der Waals surface area contributed by atoms with Crippen molar-refractivity contribution < 1.29 is 4.79 Å². The molecule has 0 spiro atoms. The van der Waals surface area contributed by atoms with E-state index in [-0.39, 0.29) is 5.78 Å². The summed E-state index contributed by atoms with van der Waals surface area (Å²) >= 11 is 4.91. The highest BCUT2D eigenvalue weighted by Crippen LogP contribution is 2.29. The lowest BCUT2D eigenvalue weighted by Gasteiger charge is -1.98. The van der Waals surface area contributed by atoms with Crippen molar-refractivity contribution in [1.29, 1.82) is 0 Å². The largest absolute Gasteiger partial charge is 0.288 e. The molecule has 0 atom stereocenters. The molecule has 0 bridgehead atoms. The van der Waals surface area contributed by atoms with Gasteiger partial charge in [-0.15, -0.1) is 11.3 Å². The lowest BCUT2D eigenvalue weighted by atomic mass is 10.1. The molecule has 0 aliphatic rings. The predicted octanol–water partition coefficient (Wildman–Crippen LogP) is 5.41. The maximum absolute atomic E-state index is 12.4. The van der Waals surface area contributed by atoms with Gasteiger partial charge in [-0.1, -0.05) is 46.3 Å². The number of carbonyl (C=O) groups excluding carboxylic acids is 1. The van der Waals surface area contributed by atoms with E-state index in [0.717, 1.165) is 25.4 Å². The second-order valence-corrected chi connectivity index (χ2v) is 6.37. The molecular weight excluding hydrogens is 332 g/mol. The molecule has 0 aliphatic carbocycles. The van der Waals surface area contributed by atoms with Crippen LogP contribution in [0, 0.1) is 0 Å². The molecule has 0 fully saturated rings. The highest BCUT2D eigenvalue weighted by molar-refractivity contribution is 9.10. The topological polar surface area (TPSA) is 17.1 Å². The van der Waals surface area contributed by atoms with E-state index in [1.807, 2.05) is 54.6 Å². The van der Waals surface area contributed by atoms with Crippen LogP contribution in [-0.2, 0) is 0 Å². The van der Waals surface area contributed by atoms with Crippen LogP contribution in [-0.4, -0.2) is 5.78 Å². The van der Waals surface area contributed by atoms with Gasteiger partial charge < -0.3 is 0 Å². The van der Waals surface area contributed by atoms with Crippen molar-refractivity contribution in [3.05, 3.63) is 81.6 Å². The lowest BCUT2D eigenvalue weighted by Crippen LogP contribution is -1.97. The smallest absolute Gasteiger partial charge is 0.202 e. The highest BCUT2D eigenvalue weighted by atomic mass is 79.9. The first-order valence-corrected chi connectivity index (χ1v) is 7.80. The van der Waals surface area contributed by atoms with E-state index in [1.54, 1.807) is 0 Å². The number of thiophene rings is 1. The van der Waals surface area contributed by atoms with Crippen LogP contribution in [0.25, 0.3) is 10.4 Å². The minimum Gasteiger partial charge on any atom is -0.288 e. The Morgan fingerprint density at radius 1 is 0.850 bits per heavy atom. The summed E-state index contributed by atoms with van der Waals surface area (Å²) in [6.45, 7) is 0. The Morgan fingerprint density at radius 2 is 1.55 bits per heavy atom. The molecule has 0 aliphatic heterocycles. The maximum Gasteiger partial charge on any atom is 0.202 e. The molecule has 20 heavy (non-hydrogen) atoms. The van der Waals surface area contributed by atoms with Crippen LogP contribution in [0.1, 0.15) is 15.2 Å². The normalized spacial score (nSPS) is 10.4. The van der Waals surface area contributed by atoms with Gasteiger partial charge in [-0.05, 0) is 42.0 Å². The molecule has 0 saturated carbocycles. The summed E-state index contributed by atoms with van der Waals surface area (Å²) in [6, 6.07) is 21.5. The molecule has 0 saturated heterocycles. The number of benzene rings is 2. The summed E-state index contributed by atoms with van der Waals surface area (Å²) in [5.74, 6) is 0.0738. The van der Waals surface area contributed by atoms with E-state index >= 15 is 0 Å². The summed E-state index contributed by atoms with van der Waals surface area (Å²) in [5, 5.41) is 0. The van der Waals surface area contributed by atoms with E-state index in [2.05, 4.69) is 28.1 Å². The molecule has 98 valence electrons. The Morgan fingerprint density at radius 3 is 2.25 bits per heavy atom. The zero-order chi connectivity index (χ0) is 13.9. The van der Waals surface area contributed by atoms with Crippen molar-refractivity contribution in [3.8, 4) is 10.4 Å². The number of rotatable bonds is 3. The van der Waals surface area contributed by atoms with Gasteiger partial charge >= 0.3 is 0 Å². The Kier molecular flexibility index (Phi) is 3.81. The van der Waals surface area contributed by atoms with E-state index in [1.165, 1.54) is 11.3 Å². The van der Waals surface area contributed by atoms with Crippen LogP contribution < -0.4 is 0 Å². The molecule has 1 nitrogen and oxygen atoms in total. The summed E-state index contributed by atoms with van der Waals surface area (Å²) in [5.41, 5.74) is 1.86. The summed E-state index contributed by atoms with van der Waals surface area (Å²) in [7, 11) is 0. The van der Waals surface area contributed by atoms with Gasteiger partial charge in [0.1, 0.15) is 0 Å². The average Bonchev–Trinajstić information content (AvgIpc) is 2.98. The fourth-order valence-electron chi connectivity index (χ4n) is 1.96. The summed E-state index contributed by atoms with van der Waals surface area (Å²) in [6.07, 6.45) is 0. The average molecular weight is 343 g/mol. The van der Waals surface area contributed by atoms with Crippen molar-refractivity contribution in [2.24, 2.45) is 0 Å². The quantitative estimate of drug-likeness (QED) is 0.581. The minimum absolute atomic E-state index is 0.0738. The molecule has 0 radical (unpaired) electrons. The molecule has 3 rings (SSSR count). The monoisotopic (exact) mass is 342 g/mol. The van der Waals surface area contributed by atoms with Crippen molar-refractivity contribution in [2.45, 2.75) is 0 Å². The molecule has 1 heterocycles. The van der Waals surface area contributed by atoms with Gasteiger partial charge in [0.2, 0.25) is 5.78 Å². The Labute approximate surface area is 130 Å². The van der Waals surface area contributed by atoms with Crippen LogP contribution in [0.15, 0.2) is 71.2 Å². The Bertz CT molecular complexity index is 729. The van der Waals surface area contributed by atoms with E-state index in [0.29, 0.717) is 0 Å². The van der Waals surface area contributed by atoms with Gasteiger partial charge in [0.25, 0.3) is 0 Å². The second-order valence-electron chi connectivity index (χ2n) is 4.37. The molecule has 0 unspecified atom stereocenters. The summed E-state index contributed by atoms with van der Waals surface area (Å²) < 4.78 is 0.977. The number of hydrogen-bond donors (Lipinski definition) is 0. The maximum atomic E-state index is 12.4. The van der Waals surface area contributed by atoms with Gasteiger partial charge in [-0.3, -0.25) is 4.79 Å². The number of halogens is 1. The fourth-order valence-corrected chi connectivity index (χ4v) is 3.20. The minimum atomic E-state index is 0.0738. The third-order valence-corrected chi connectivity index (χ3v) is 4.66. The van der Waals surface area contributed by atoms with Gasteiger partial charge in [-0.25, -0.2) is 0 Å². The zero-order valence-electron chi connectivity index (χ0n) is 10.5. The van der Waals surface area contributed by atoms with Gasteiger partial charge in [-0.2, -0.15) is 0 Å². The molecule has 0 amide bonds. The van der Waals surface area contributed by atoms with Gasteiger partial charge in [0.15, 0.2) is 0 Å². The van der Waals surface area contributed by atoms with Crippen LogP contribution in [0.2, 0.25) is 0 Å². The summed E-state index contributed by atoms with van der Waals surface area (Å²) in [4.78, 5) is 14.3. The zero-order valence-corrected chi connectivity index (χ0v) is 12.9. The van der Waals surface area contributed by atoms with Crippen LogP contribution >= 0.6 is 27.3 Å². The van der Waals surface area contributed by atoms with Crippen molar-refractivity contribution in [3.63, 3.8) is 0 Å². The number of carbonyl (C=O) groups is 1. The number of ketones is 1. The predicted molar refractivity (Wildman–Crippen MR) is 87.3 cm³/mol. The molecule has 3 heteroatoms. The molecule has 3 aromatic rings. The van der Waals surface area contributed by atoms with Crippen LogP contribution in [0.3, 0.4) is 0 Å². The van der Waals surface area contributed by atoms with Crippen molar-refractivity contribution in [1.82, 2.24) is 0 Å². The SMILES string of the molecule is O=C(c1ccc(Br)cc1)c1ccc(-c2ccccc2)s1. The van der Waals surface area contributed by atoms with Crippen LogP contribution in [0.5, 0.6) is 0 Å². The first kappa shape index (κ1) is 13.3. The Hall–Kier alpha value is -1.71. The van der Waals surface area contributed by atoms with E-state index in [9.17, 15) is 4.79 Å². The first-order valence-electron chi connectivity index (χ1n) is 6.19. The van der Waals surface area contributed by atoms with E-state index < -0.39 is 0 Å². The van der Waals surface area contributed by atoms with Gasteiger partial charge in [0.05, 0.1) is 4.88 Å². The van der Waals surface area contributed by atoms with Crippen LogP contribution in [0.4, 0.5) is 0 Å². The standard InChI is InChI=1S/C17H11BrOS/c18-14-8-6-13(7-9-14)17(19)16-11-10-15(20-16)12-4-2-1-3-5-12/h1-11H. The molecular formula is C17H11BrOS. The first-order chi connectivity index (χ1) is 9.74. The second kappa shape index (κ2) is 5.73. The van der Waals surface area contributed by atoms with Gasteiger partial charge in [0, 0.05) is 14.9 Å².